The molecule has 0 radical (unpaired) electrons. The van der Waals surface area contributed by atoms with Crippen molar-refractivity contribution in [2.75, 3.05) is 11.9 Å². The summed E-state index contributed by atoms with van der Waals surface area (Å²) in [4.78, 5) is 15.9. The third-order valence-corrected chi connectivity index (χ3v) is 3.60. The lowest BCUT2D eigenvalue weighted by molar-refractivity contribution is 0.168. The van der Waals surface area contributed by atoms with Gasteiger partial charge in [-0.2, -0.15) is 0 Å². The smallest absolute Gasteiger partial charge is 0.411 e. The highest BCUT2D eigenvalue weighted by Gasteiger charge is 2.08. The van der Waals surface area contributed by atoms with Crippen LogP contribution in [0.4, 0.5) is 10.5 Å². The molecular weight excluding hydrogens is 356 g/mol. The number of halogens is 1. The number of nitrogens with zero attached hydrogens (tertiary/aromatic N) is 1. The molecule has 134 valence electrons. The minimum atomic E-state index is -0.507. The molecule has 0 aliphatic heterocycles. The lowest BCUT2D eigenvalue weighted by Crippen LogP contribution is -2.13. The lowest BCUT2D eigenvalue weighted by atomic mass is 10.2. The molecule has 0 bridgehead atoms. The van der Waals surface area contributed by atoms with Crippen molar-refractivity contribution in [3.05, 3.63) is 65.5 Å². The number of aromatic nitrogens is 1. The summed E-state index contributed by atoms with van der Waals surface area (Å²) in [5, 5.41) is 3.24. The van der Waals surface area contributed by atoms with E-state index < -0.39 is 6.09 Å². The van der Waals surface area contributed by atoms with E-state index in [0.29, 0.717) is 34.7 Å². The van der Waals surface area contributed by atoms with E-state index in [1.165, 1.54) is 6.26 Å². The van der Waals surface area contributed by atoms with Crippen LogP contribution in [0, 0.1) is 0 Å². The molecule has 0 saturated heterocycles. The van der Waals surface area contributed by atoms with Crippen molar-refractivity contribution in [1.82, 2.24) is 4.98 Å². The van der Waals surface area contributed by atoms with Gasteiger partial charge in [-0.1, -0.05) is 23.7 Å². The third-order valence-electron chi connectivity index (χ3n) is 3.37. The molecule has 1 amide bonds. The van der Waals surface area contributed by atoms with Crippen LogP contribution in [0.3, 0.4) is 0 Å². The van der Waals surface area contributed by atoms with Gasteiger partial charge >= 0.3 is 6.09 Å². The second-order valence-corrected chi connectivity index (χ2v) is 5.75. The summed E-state index contributed by atoms with van der Waals surface area (Å²) in [5.74, 6) is 1.07. The molecule has 0 spiro atoms. The van der Waals surface area contributed by atoms with Gasteiger partial charge in [-0.15, -0.1) is 0 Å². The molecule has 0 fully saturated rings. The largest absolute Gasteiger partial charge is 0.487 e. The molecule has 0 atom stereocenters. The van der Waals surface area contributed by atoms with Gasteiger partial charge in [-0.3, -0.25) is 5.32 Å². The maximum absolute atomic E-state index is 11.5. The monoisotopic (exact) mass is 372 g/mol. The van der Waals surface area contributed by atoms with Crippen LogP contribution < -0.4 is 10.1 Å². The number of amides is 1. The van der Waals surface area contributed by atoms with Crippen LogP contribution in [0.2, 0.25) is 5.02 Å². The van der Waals surface area contributed by atoms with Crippen molar-refractivity contribution in [3.8, 4) is 17.2 Å². The summed E-state index contributed by atoms with van der Waals surface area (Å²) in [6.07, 6.45) is 1.03. The van der Waals surface area contributed by atoms with E-state index in [2.05, 4.69) is 10.3 Å². The zero-order valence-electron chi connectivity index (χ0n) is 14.1. The number of rotatable bonds is 6. The fourth-order valence-corrected chi connectivity index (χ4v) is 2.42. The predicted molar refractivity (Wildman–Crippen MR) is 98.4 cm³/mol. The van der Waals surface area contributed by atoms with E-state index in [4.69, 9.17) is 25.5 Å². The summed E-state index contributed by atoms with van der Waals surface area (Å²) < 4.78 is 16.0. The van der Waals surface area contributed by atoms with E-state index in [1.807, 2.05) is 12.1 Å². The third kappa shape index (κ3) is 4.77. The molecule has 1 heterocycles. The summed E-state index contributed by atoms with van der Waals surface area (Å²) >= 11 is 5.98. The van der Waals surface area contributed by atoms with Crippen LogP contribution in [0.25, 0.3) is 11.5 Å². The highest BCUT2D eigenvalue weighted by Crippen LogP contribution is 2.23. The fourth-order valence-electron chi connectivity index (χ4n) is 2.23. The first kappa shape index (κ1) is 17.8. The number of hydrogen-bond donors (Lipinski definition) is 1. The molecule has 2 aromatic carbocycles. The fraction of sp³-hybridized carbons (Fsp3) is 0.158. The average Bonchev–Trinajstić information content (AvgIpc) is 3.10. The first-order valence-corrected chi connectivity index (χ1v) is 8.39. The molecular formula is C19H17ClN2O4. The van der Waals surface area contributed by atoms with Gasteiger partial charge in [-0.25, -0.2) is 9.78 Å². The van der Waals surface area contributed by atoms with Crippen molar-refractivity contribution in [1.29, 1.82) is 0 Å². The Hall–Kier alpha value is -2.99. The van der Waals surface area contributed by atoms with Gasteiger partial charge in [0.25, 0.3) is 0 Å². The van der Waals surface area contributed by atoms with Gasteiger partial charge in [0, 0.05) is 22.3 Å². The van der Waals surface area contributed by atoms with Crippen LogP contribution in [0.1, 0.15) is 12.6 Å². The van der Waals surface area contributed by atoms with E-state index >= 15 is 0 Å². The highest BCUT2D eigenvalue weighted by atomic mass is 35.5. The maximum atomic E-state index is 11.5. The first-order valence-electron chi connectivity index (χ1n) is 8.01. The Kier molecular flexibility index (Phi) is 5.76. The van der Waals surface area contributed by atoms with Crippen LogP contribution in [0.5, 0.6) is 5.75 Å². The molecule has 26 heavy (non-hydrogen) atoms. The lowest BCUT2D eigenvalue weighted by Gasteiger charge is -2.08. The average molecular weight is 373 g/mol. The molecule has 0 saturated carbocycles. The molecule has 1 aromatic heterocycles. The number of benzene rings is 2. The van der Waals surface area contributed by atoms with Gasteiger partial charge in [0.15, 0.2) is 0 Å². The quantitative estimate of drug-likeness (QED) is 0.648. The molecule has 0 aliphatic carbocycles. The van der Waals surface area contributed by atoms with Crippen LogP contribution in [0.15, 0.2) is 59.2 Å². The SMILES string of the molecule is CCOC(=O)Nc1cccc(OCc2coc(-c3cccc(Cl)c3)n2)c1. The second kappa shape index (κ2) is 8.40. The minimum absolute atomic E-state index is 0.229. The number of carbonyl (C=O) groups is 1. The Balaban J connectivity index is 1.62. The van der Waals surface area contributed by atoms with Gasteiger partial charge in [0.2, 0.25) is 5.89 Å². The van der Waals surface area contributed by atoms with E-state index in [1.54, 1.807) is 43.3 Å². The number of nitrogens with one attached hydrogen (secondary N) is 1. The van der Waals surface area contributed by atoms with Crippen LogP contribution in [-0.4, -0.2) is 17.7 Å². The number of anilines is 1. The van der Waals surface area contributed by atoms with Crippen molar-refractivity contribution < 1.29 is 18.7 Å². The normalized spacial score (nSPS) is 10.4. The topological polar surface area (TPSA) is 73.6 Å². The Morgan fingerprint density at radius 2 is 2.08 bits per heavy atom. The van der Waals surface area contributed by atoms with Gasteiger partial charge < -0.3 is 13.9 Å². The van der Waals surface area contributed by atoms with E-state index in [0.717, 1.165) is 5.56 Å². The molecule has 0 aliphatic rings. The first-order chi connectivity index (χ1) is 12.6. The van der Waals surface area contributed by atoms with Gasteiger partial charge in [0.1, 0.15) is 24.3 Å². The van der Waals surface area contributed by atoms with Gasteiger partial charge in [0.05, 0.1) is 6.61 Å². The van der Waals surface area contributed by atoms with E-state index in [9.17, 15) is 4.79 Å². The van der Waals surface area contributed by atoms with Crippen molar-refractivity contribution in [2.24, 2.45) is 0 Å². The van der Waals surface area contributed by atoms with Crippen molar-refractivity contribution in [2.45, 2.75) is 13.5 Å². The summed E-state index contributed by atoms with van der Waals surface area (Å²) in [6.45, 7) is 2.28. The molecule has 3 rings (SSSR count). The standard InChI is InChI=1S/C19H17ClN2O4/c1-2-24-19(23)22-15-7-4-8-17(10-15)25-11-16-12-26-18(21-16)13-5-3-6-14(20)9-13/h3-10,12H,2,11H2,1H3,(H,22,23). The van der Waals surface area contributed by atoms with E-state index in [-0.39, 0.29) is 6.61 Å². The number of oxazole rings is 1. The zero-order chi connectivity index (χ0) is 18.4. The highest BCUT2D eigenvalue weighted by molar-refractivity contribution is 6.30. The number of hydrogen-bond acceptors (Lipinski definition) is 5. The predicted octanol–water partition coefficient (Wildman–Crippen LogP) is 5.14. The molecule has 1 N–H and O–H groups in total. The second-order valence-electron chi connectivity index (χ2n) is 5.32. The minimum Gasteiger partial charge on any atom is -0.487 e. The summed E-state index contributed by atoms with van der Waals surface area (Å²) in [5.41, 5.74) is 2.02. The van der Waals surface area contributed by atoms with Crippen LogP contribution in [-0.2, 0) is 11.3 Å². The number of carbonyl (C=O) groups excluding carboxylic acids is 1. The maximum Gasteiger partial charge on any atom is 0.411 e. The Morgan fingerprint density at radius 1 is 1.23 bits per heavy atom. The van der Waals surface area contributed by atoms with Crippen molar-refractivity contribution >= 4 is 23.4 Å². The summed E-state index contributed by atoms with van der Waals surface area (Å²) in [6, 6.07) is 14.3. The van der Waals surface area contributed by atoms with Crippen molar-refractivity contribution in [3.63, 3.8) is 0 Å². The molecule has 7 heteroatoms. The molecule has 0 unspecified atom stereocenters. The molecule has 6 nitrogen and oxygen atoms in total. The summed E-state index contributed by atoms with van der Waals surface area (Å²) in [7, 11) is 0. The Labute approximate surface area is 155 Å². The van der Waals surface area contributed by atoms with Crippen LogP contribution >= 0.6 is 11.6 Å². The Morgan fingerprint density at radius 3 is 2.88 bits per heavy atom. The molecule has 3 aromatic rings. The van der Waals surface area contributed by atoms with Gasteiger partial charge in [-0.05, 0) is 37.3 Å². The zero-order valence-corrected chi connectivity index (χ0v) is 14.8. The number of ether oxygens (including phenoxy) is 2. The Bertz CT molecular complexity index is 895.